The Kier molecular flexibility index (Phi) is 5.14. The summed E-state index contributed by atoms with van der Waals surface area (Å²) in [5.41, 5.74) is 0.641. The first kappa shape index (κ1) is 20.9. The maximum atomic E-state index is 13.6. The maximum Gasteiger partial charge on any atom is 0.137 e. The molecule has 1 unspecified atom stereocenters. The van der Waals surface area contributed by atoms with Gasteiger partial charge in [0.15, 0.2) is 0 Å². The molecule has 2 aromatic carbocycles. The van der Waals surface area contributed by atoms with Gasteiger partial charge in [0.25, 0.3) is 0 Å². The van der Waals surface area contributed by atoms with Crippen LogP contribution in [0.5, 0.6) is 0 Å². The van der Waals surface area contributed by atoms with E-state index in [0.717, 1.165) is 10.0 Å². The van der Waals surface area contributed by atoms with Crippen LogP contribution in [0.15, 0.2) is 77.8 Å². The molecule has 1 atom stereocenters. The molecule has 5 nitrogen and oxygen atoms in total. The van der Waals surface area contributed by atoms with Crippen LogP contribution in [-0.4, -0.2) is 24.9 Å². The normalized spacial score (nSPS) is 16.5. The summed E-state index contributed by atoms with van der Waals surface area (Å²) in [5.74, 6) is -0.694. The Morgan fingerprint density at radius 1 is 0.969 bits per heavy atom. The summed E-state index contributed by atoms with van der Waals surface area (Å²) in [5, 5.41) is 16.3. The molecule has 1 N–H and O–H groups in total. The molecule has 32 heavy (non-hydrogen) atoms. The molecule has 8 heteroatoms. The van der Waals surface area contributed by atoms with E-state index >= 15 is 0 Å². The Labute approximate surface area is 191 Å². The van der Waals surface area contributed by atoms with E-state index in [-0.39, 0.29) is 18.2 Å². The highest BCUT2D eigenvalue weighted by Crippen LogP contribution is 2.60. The second-order valence-electron chi connectivity index (χ2n) is 8.08. The highest BCUT2D eigenvalue weighted by Gasteiger charge is 2.62. The molecule has 0 saturated heterocycles. The van der Waals surface area contributed by atoms with Gasteiger partial charge < -0.3 is 5.11 Å². The van der Waals surface area contributed by atoms with E-state index in [1.54, 1.807) is 35.3 Å². The SMILES string of the molecule is OC(Cn1cncn1)(c1ccc(F)cc1)C1(c2ccc(Br)c(-c3ccc(F)cc3)n2)CC1. The van der Waals surface area contributed by atoms with Gasteiger partial charge in [-0.25, -0.2) is 18.4 Å². The van der Waals surface area contributed by atoms with Crippen molar-refractivity contribution >= 4 is 15.9 Å². The number of aromatic nitrogens is 4. The quantitative estimate of drug-likeness (QED) is 0.407. The monoisotopic (exact) mass is 496 g/mol. The lowest BCUT2D eigenvalue weighted by molar-refractivity contribution is -0.0260. The summed E-state index contributed by atoms with van der Waals surface area (Å²) in [6.07, 6.45) is 4.36. The van der Waals surface area contributed by atoms with Gasteiger partial charge in [-0.15, -0.1) is 0 Å². The van der Waals surface area contributed by atoms with Crippen molar-refractivity contribution < 1.29 is 13.9 Å². The number of halogens is 3. The maximum absolute atomic E-state index is 13.6. The highest BCUT2D eigenvalue weighted by atomic mass is 79.9. The Bertz CT molecular complexity index is 1240. The van der Waals surface area contributed by atoms with E-state index in [1.165, 1.54) is 30.6 Å². The fourth-order valence-electron chi connectivity index (χ4n) is 4.32. The van der Waals surface area contributed by atoms with Gasteiger partial charge in [0, 0.05) is 15.5 Å². The summed E-state index contributed by atoms with van der Waals surface area (Å²) in [7, 11) is 0. The second kappa shape index (κ2) is 7.86. The van der Waals surface area contributed by atoms with E-state index < -0.39 is 11.0 Å². The molecule has 4 aromatic rings. The molecule has 1 aliphatic rings. The van der Waals surface area contributed by atoms with Crippen LogP contribution in [0.4, 0.5) is 8.78 Å². The van der Waals surface area contributed by atoms with Gasteiger partial charge in [0.1, 0.15) is 29.9 Å². The van der Waals surface area contributed by atoms with Crippen LogP contribution in [0.3, 0.4) is 0 Å². The van der Waals surface area contributed by atoms with Crippen LogP contribution in [0.1, 0.15) is 24.1 Å². The minimum Gasteiger partial charge on any atom is -0.382 e. The molecular weight excluding hydrogens is 478 g/mol. The van der Waals surface area contributed by atoms with Crippen LogP contribution in [0, 0.1) is 11.6 Å². The smallest absolute Gasteiger partial charge is 0.137 e. The second-order valence-corrected chi connectivity index (χ2v) is 8.93. The molecule has 1 aliphatic carbocycles. The van der Waals surface area contributed by atoms with Crippen molar-refractivity contribution in [3.05, 3.63) is 101 Å². The molecule has 0 aliphatic heterocycles. The molecule has 5 rings (SSSR count). The number of nitrogens with zero attached hydrogens (tertiary/aromatic N) is 4. The van der Waals surface area contributed by atoms with Gasteiger partial charge in [-0.1, -0.05) is 12.1 Å². The molecule has 162 valence electrons. The van der Waals surface area contributed by atoms with Crippen molar-refractivity contribution in [2.75, 3.05) is 0 Å². The number of aliphatic hydroxyl groups is 1. The lowest BCUT2D eigenvalue weighted by Crippen LogP contribution is -2.44. The van der Waals surface area contributed by atoms with Gasteiger partial charge in [-0.05, 0) is 82.9 Å². The fraction of sp³-hybridized carbons (Fsp3) is 0.208. The predicted octanol–water partition coefficient (Wildman–Crippen LogP) is 5.00. The standard InChI is InChI=1S/C24H19BrF2N4O/c25-20-9-10-21(30-22(20)16-1-5-18(26)6-2-16)23(11-12-23)24(32,13-31-15-28-14-29-31)17-3-7-19(27)8-4-17/h1-10,14-15,32H,11-13H2. The van der Waals surface area contributed by atoms with Crippen LogP contribution < -0.4 is 0 Å². The fourth-order valence-corrected chi connectivity index (χ4v) is 4.77. The van der Waals surface area contributed by atoms with Crippen LogP contribution in [0.25, 0.3) is 11.3 Å². The van der Waals surface area contributed by atoms with Gasteiger partial charge in [0.05, 0.1) is 17.9 Å². The molecule has 2 heterocycles. The van der Waals surface area contributed by atoms with Crippen LogP contribution >= 0.6 is 15.9 Å². The average Bonchev–Trinajstić information content (AvgIpc) is 3.46. The molecule has 1 saturated carbocycles. The molecule has 1 fully saturated rings. The summed E-state index contributed by atoms with van der Waals surface area (Å²) in [6, 6.07) is 15.8. The lowest BCUT2D eigenvalue weighted by atomic mass is 9.76. The van der Waals surface area contributed by atoms with E-state index in [9.17, 15) is 13.9 Å². The van der Waals surface area contributed by atoms with Crippen molar-refractivity contribution in [2.24, 2.45) is 0 Å². The number of rotatable bonds is 6. The molecule has 0 radical (unpaired) electrons. The van der Waals surface area contributed by atoms with E-state index in [4.69, 9.17) is 4.98 Å². The average molecular weight is 497 g/mol. The minimum atomic E-state index is -1.39. The third-order valence-corrected chi connectivity index (χ3v) is 6.81. The first-order valence-electron chi connectivity index (χ1n) is 10.2. The zero-order chi connectivity index (χ0) is 22.3. The summed E-state index contributed by atoms with van der Waals surface area (Å²) >= 11 is 3.54. The molecule has 0 amide bonds. The van der Waals surface area contributed by atoms with E-state index in [2.05, 4.69) is 26.0 Å². The Balaban J connectivity index is 1.63. The molecular formula is C24H19BrF2N4O. The summed E-state index contributed by atoms with van der Waals surface area (Å²) in [6.45, 7) is 0.141. The first-order chi connectivity index (χ1) is 15.4. The van der Waals surface area contributed by atoms with Crippen LogP contribution in [-0.2, 0) is 17.6 Å². The van der Waals surface area contributed by atoms with E-state index in [1.807, 2.05) is 12.1 Å². The van der Waals surface area contributed by atoms with E-state index in [0.29, 0.717) is 29.8 Å². The largest absolute Gasteiger partial charge is 0.382 e. The van der Waals surface area contributed by atoms with Crippen molar-refractivity contribution in [2.45, 2.75) is 30.4 Å². The number of pyridine rings is 1. The predicted molar refractivity (Wildman–Crippen MR) is 119 cm³/mol. The number of benzene rings is 2. The minimum absolute atomic E-state index is 0.141. The Morgan fingerprint density at radius 2 is 1.62 bits per heavy atom. The van der Waals surface area contributed by atoms with Crippen molar-refractivity contribution in [1.29, 1.82) is 0 Å². The third kappa shape index (κ3) is 3.53. The number of hydrogen-bond donors (Lipinski definition) is 1. The van der Waals surface area contributed by atoms with Crippen molar-refractivity contribution in [3.8, 4) is 11.3 Å². The topological polar surface area (TPSA) is 63.8 Å². The number of hydrogen-bond acceptors (Lipinski definition) is 4. The van der Waals surface area contributed by atoms with Gasteiger partial charge >= 0.3 is 0 Å². The first-order valence-corrected chi connectivity index (χ1v) is 10.9. The van der Waals surface area contributed by atoms with Crippen molar-refractivity contribution in [3.63, 3.8) is 0 Å². The van der Waals surface area contributed by atoms with Gasteiger partial charge in [-0.3, -0.25) is 4.98 Å². The van der Waals surface area contributed by atoms with Crippen molar-refractivity contribution in [1.82, 2.24) is 19.7 Å². The molecule has 0 spiro atoms. The molecule has 2 aromatic heterocycles. The Hall–Kier alpha value is -2.97. The van der Waals surface area contributed by atoms with Crippen LogP contribution in [0.2, 0.25) is 0 Å². The molecule has 0 bridgehead atoms. The summed E-state index contributed by atoms with van der Waals surface area (Å²) in [4.78, 5) is 8.89. The Morgan fingerprint density at radius 3 is 2.22 bits per heavy atom. The third-order valence-electron chi connectivity index (χ3n) is 6.17. The highest BCUT2D eigenvalue weighted by molar-refractivity contribution is 9.10. The van der Waals surface area contributed by atoms with Gasteiger partial charge in [0.2, 0.25) is 0 Å². The zero-order valence-corrected chi connectivity index (χ0v) is 18.5. The van der Waals surface area contributed by atoms with Gasteiger partial charge in [-0.2, -0.15) is 5.10 Å². The lowest BCUT2D eigenvalue weighted by Gasteiger charge is -2.37. The zero-order valence-electron chi connectivity index (χ0n) is 16.9. The summed E-state index contributed by atoms with van der Waals surface area (Å²) < 4.78 is 29.4.